The SMILES string of the molecule is C1C2CC34CC5CC67CC8CC1(C36)C1C3(C2)CC2CC1(C8)C7C(C5)(C2)C43. The molecule has 0 amide bonds. The summed E-state index contributed by atoms with van der Waals surface area (Å²) in [5.74, 6) is 9.79. The summed E-state index contributed by atoms with van der Waals surface area (Å²) in [5, 5.41) is 0. The van der Waals surface area contributed by atoms with Crippen LogP contribution in [0, 0.1) is 79.8 Å². The first-order valence-electron chi connectivity index (χ1n) is 12.6. The maximum Gasteiger partial charge on any atom is -0.0214 e. The minimum atomic E-state index is 0.909. The summed E-state index contributed by atoms with van der Waals surface area (Å²) in [7, 11) is 0. The van der Waals surface area contributed by atoms with E-state index in [4.69, 9.17) is 0 Å². The largest absolute Gasteiger partial charge is 0.0441 e. The van der Waals surface area contributed by atoms with E-state index in [0.29, 0.717) is 0 Å². The molecule has 0 atom stereocenters. The van der Waals surface area contributed by atoms with Crippen LogP contribution in [0.3, 0.4) is 0 Å². The molecule has 16 aliphatic carbocycles. The summed E-state index contributed by atoms with van der Waals surface area (Å²) in [6.45, 7) is 0. The van der Waals surface area contributed by atoms with Crippen molar-refractivity contribution in [3.63, 3.8) is 0 Å². The van der Waals surface area contributed by atoms with Gasteiger partial charge < -0.3 is 0 Å². The fourth-order valence-corrected chi connectivity index (χ4v) is 18.5. The second-order valence-electron chi connectivity index (χ2n) is 15.0. The van der Waals surface area contributed by atoms with Crippen LogP contribution < -0.4 is 0 Å². The molecule has 6 spiro atoms. The van der Waals surface area contributed by atoms with Crippen molar-refractivity contribution < 1.29 is 0 Å². The lowest BCUT2D eigenvalue weighted by molar-refractivity contribution is -0.550. The molecule has 0 unspecified atom stereocenters. The first-order valence-corrected chi connectivity index (χ1v) is 12.6. The van der Waals surface area contributed by atoms with Gasteiger partial charge in [0.15, 0.2) is 0 Å². The minimum Gasteiger partial charge on any atom is -0.0441 e. The van der Waals surface area contributed by atoms with E-state index in [1.54, 1.807) is 77.0 Å². The number of hydrogen-bond acceptors (Lipinski definition) is 0. The van der Waals surface area contributed by atoms with E-state index in [0.717, 1.165) is 32.5 Å². The molecule has 0 aromatic carbocycles. The van der Waals surface area contributed by atoms with Crippen molar-refractivity contribution in [1.29, 1.82) is 0 Å². The lowest BCUT2D eigenvalue weighted by Gasteiger charge is -3.03. The second kappa shape index (κ2) is 2.78. The van der Waals surface area contributed by atoms with E-state index in [1.807, 2.05) is 0 Å². The molecule has 0 aromatic heterocycles. The van der Waals surface area contributed by atoms with Crippen LogP contribution in [0.2, 0.25) is 0 Å². The molecule has 26 heavy (non-hydrogen) atoms. The van der Waals surface area contributed by atoms with Crippen LogP contribution in [0.4, 0.5) is 0 Å². The fourth-order valence-electron chi connectivity index (χ4n) is 18.5. The molecule has 0 saturated heterocycles. The van der Waals surface area contributed by atoms with Crippen LogP contribution in [-0.4, -0.2) is 0 Å². The van der Waals surface area contributed by atoms with Gasteiger partial charge in [0.1, 0.15) is 0 Å². The van der Waals surface area contributed by atoms with Gasteiger partial charge >= 0.3 is 0 Å². The maximum atomic E-state index is 1.74. The summed E-state index contributed by atoms with van der Waals surface area (Å²) in [5.41, 5.74) is 5.45. The van der Waals surface area contributed by atoms with Crippen molar-refractivity contribution in [2.75, 3.05) is 0 Å². The summed E-state index contributed by atoms with van der Waals surface area (Å²) in [6.07, 6.45) is 20.9. The first-order chi connectivity index (χ1) is 12.6. The summed E-state index contributed by atoms with van der Waals surface area (Å²) in [6, 6.07) is 0. The predicted molar refractivity (Wildman–Crippen MR) is 97.9 cm³/mol. The zero-order chi connectivity index (χ0) is 16.1. The standard InChI is InChI=1S/C26H32/c1-13-2-22-7-15-9-24-5-14-4-21(1,17(22)24)18-23(3-13)8-16-10-25(18,6-14)20(24)26(11-15,12-16)19(22)23/h13-20H,1-12H2. The molecule has 0 radical (unpaired) electrons. The molecule has 0 aliphatic heterocycles. The smallest absolute Gasteiger partial charge is 0.0214 e. The molecular weight excluding hydrogens is 312 g/mol. The van der Waals surface area contributed by atoms with Crippen LogP contribution in [0.15, 0.2) is 0 Å². The van der Waals surface area contributed by atoms with E-state index in [9.17, 15) is 0 Å². The van der Waals surface area contributed by atoms with Gasteiger partial charge in [0, 0.05) is 0 Å². The molecule has 16 aliphatic rings. The Morgan fingerprint density at radius 2 is 0.423 bits per heavy atom. The molecule has 14 bridgehead atoms. The normalized spacial score (nSPS) is 88.6. The topological polar surface area (TPSA) is 0 Å². The Bertz CT molecular complexity index is 618. The lowest BCUT2D eigenvalue weighted by Crippen LogP contribution is -2.97. The van der Waals surface area contributed by atoms with E-state index in [2.05, 4.69) is 0 Å². The zero-order valence-corrected chi connectivity index (χ0v) is 16.1. The zero-order valence-electron chi connectivity index (χ0n) is 16.1. The van der Waals surface area contributed by atoms with Crippen LogP contribution in [0.25, 0.3) is 0 Å². The van der Waals surface area contributed by atoms with Gasteiger partial charge in [-0.3, -0.25) is 0 Å². The Morgan fingerprint density at radius 3 is 0.577 bits per heavy atom. The van der Waals surface area contributed by atoms with Gasteiger partial charge in [0.05, 0.1) is 0 Å². The van der Waals surface area contributed by atoms with Crippen molar-refractivity contribution in [2.24, 2.45) is 79.8 Å². The molecule has 0 aromatic rings. The quantitative estimate of drug-likeness (QED) is 0.531. The van der Waals surface area contributed by atoms with Crippen molar-refractivity contribution in [2.45, 2.75) is 77.0 Å². The molecule has 0 nitrogen and oxygen atoms in total. The van der Waals surface area contributed by atoms with Crippen molar-refractivity contribution >= 4 is 0 Å². The summed E-state index contributed by atoms with van der Waals surface area (Å²) >= 11 is 0. The summed E-state index contributed by atoms with van der Waals surface area (Å²) < 4.78 is 0. The fraction of sp³-hybridized carbons (Fsp3) is 1.00. The minimum absolute atomic E-state index is 0.909. The molecule has 0 heterocycles. The van der Waals surface area contributed by atoms with Gasteiger partial charge in [0.2, 0.25) is 0 Å². The highest BCUT2D eigenvalue weighted by atomic mass is 15.0. The van der Waals surface area contributed by atoms with E-state index in [1.165, 1.54) is 47.3 Å². The van der Waals surface area contributed by atoms with Gasteiger partial charge in [-0.1, -0.05) is 0 Å². The molecule has 136 valence electrons. The average Bonchev–Trinajstić information content (AvgIpc) is 2.47. The highest BCUT2D eigenvalue weighted by Gasteiger charge is 2.99. The Kier molecular flexibility index (Phi) is 1.34. The lowest BCUT2D eigenvalue weighted by atomic mass is 9.01. The van der Waals surface area contributed by atoms with Crippen LogP contribution in [0.1, 0.15) is 77.0 Å². The molecule has 16 saturated carbocycles. The maximum absolute atomic E-state index is 1.74. The molecule has 0 N–H and O–H groups in total. The van der Waals surface area contributed by atoms with Crippen LogP contribution in [-0.2, 0) is 0 Å². The third-order valence-electron chi connectivity index (χ3n) is 14.9. The van der Waals surface area contributed by atoms with Gasteiger partial charge in [-0.2, -0.15) is 0 Å². The highest BCUT2D eigenvalue weighted by Crippen LogP contribution is 3.05. The van der Waals surface area contributed by atoms with Crippen LogP contribution in [0.5, 0.6) is 0 Å². The first kappa shape index (κ1) is 12.5. The van der Waals surface area contributed by atoms with Crippen LogP contribution >= 0.6 is 0 Å². The third kappa shape index (κ3) is 0.729. The Hall–Kier alpha value is 0. The van der Waals surface area contributed by atoms with Gasteiger partial charge in [-0.25, -0.2) is 0 Å². The van der Waals surface area contributed by atoms with E-state index >= 15 is 0 Å². The Balaban J connectivity index is 1.42. The average molecular weight is 345 g/mol. The second-order valence-corrected chi connectivity index (χ2v) is 15.0. The van der Waals surface area contributed by atoms with Crippen molar-refractivity contribution in [3.8, 4) is 0 Å². The van der Waals surface area contributed by atoms with Gasteiger partial charge in [-0.15, -0.1) is 0 Å². The van der Waals surface area contributed by atoms with Gasteiger partial charge in [0.25, 0.3) is 0 Å². The highest BCUT2D eigenvalue weighted by molar-refractivity contribution is 5.47. The predicted octanol–water partition coefficient (Wildman–Crippen LogP) is 5.67. The molecule has 16 fully saturated rings. The Morgan fingerprint density at radius 1 is 0.269 bits per heavy atom. The molecule has 0 heteroatoms. The van der Waals surface area contributed by atoms with E-state index in [-0.39, 0.29) is 0 Å². The molecule has 16 rings (SSSR count). The van der Waals surface area contributed by atoms with E-state index < -0.39 is 0 Å². The third-order valence-corrected chi connectivity index (χ3v) is 14.9. The van der Waals surface area contributed by atoms with Crippen molar-refractivity contribution in [3.05, 3.63) is 0 Å². The number of hydrogen-bond donors (Lipinski definition) is 0. The summed E-state index contributed by atoms with van der Waals surface area (Å²) in [4.78, 5) is 0. The monoisotopic (exact) mass is 344 g/mol. The Labute approximate surface area is 157 Å². The number of rotatable bonds is 0. The van der Waals surface area contributed by atoms with Crippen molar-refractivity contribution in [1.82, 2.24) is 0 Å². The van der Waals surface area contributed by atoms with Gasteiger partial charge in [-0.05, 0) is 157 Å². The molecular formula is C26H32.